The Morgan fingerprint density at radius 3 is 2.62 bits per heavy atom. The van der Waals surface area contributed by atoms with Gasteiger partial charge < -0.3 is 14.6 Å². The van der Waals surface area contributed by atoms with Gasteiger partial charge in [-0.1, -0.05) is 0 Å². The molecule has 0 saturated heterocycles. The molecule has 1 unspecified atom stereocenters. The molecule has 1 saturated carbocycles. The molecule has 1 fully saturated rings. The maximum atomic E-state index is 11.2. The van der Waals surface area contributed by atoms with Gasteiger partial charge in [-0.3, -0.25) is 9.59 Å². The summed E-state index contributed by atoms with van der Waals surface area (Å²) in [5.41, 5.74) is 1.24. The van der Waals surface area contributed by atoms with E-state index in [0.29, 0.717) is 40.7 Å². The summed E-state index contributed by atoms with van der Waals surface area (Å²) in [6.07, 6.45) is 2.85. The molecule has 1 atom stereocenters. The molecule has 1 aromatic carbocycles. The first-order valence-corrected chi connectivity index (χ1v) is 7.70. The monoisotopic (exact) mass is 354 g/mol. The van der Waals surface area contributed by atoms with E-state index in [2.05, 4.69) is 15.9 Å². The van der Waals surface area contributed by atoms with Crippen LogP contribution in [0.2, 0.25) is 0 Å². The molecule has 0 spiro atoms. The van der Waals surface area contributed by atoms with Gasteiger partial charge in [0.25, 0.3) is 0 Å². The van der Waals surface area contributed by atoms with Crippen molar-refractivity contribution in [3.05, 3.63) is 21.7 Å². The summed E-state index contributed by atoms with van der Waals surface area (Å²) in [4.78, 5) is 22.4. The fourth-order valence-electron chi connectivity index (χ4n) is 2.82. The Hall–Kier alpha value is -1.56. The van der Waals surface area contributed by atoms with Crippen LogP contribution in [0.25, 0.3) is 0 Å². The summed E-state index contributed by atoms with van der Waals surface area (Å²) in [6, 6.07) is 1.81. The van der Waals surface area contributed by atoms with Crippen LogP contribution in [0.15, 0.2) is 10.5 Å². The second-order valence-electron chi connectivity index (χ2n) is 5.38. The van der Waals surface area contributed by atoms with Gasteiger partial charge in [0.15, 0.2) is 17.8 Å². The van der Waals surface area contributed by atoms with Crippen molar-refractivity contribution in [3.63, 3.8) is 0 Å². The van der Waals surface area contributed by atoms with Crippen molar-refractivity contribution in [2.24, 2.45) is 5.92 Å². The van der Waals surface area contributed by atoms with Crippen LogP contribution < -0.4 is 9.47 Å². The quantitative estimate of drug-likeness (QED) is 0.822. The van der Waals surface area contributed by atoms with E-state index in [9.17, 15) is 9.59 Å². The molecule has 5 nitrogen and oxygen atoms in total. The number of fused-ring (bicyclic) bond motifs is 1. The number of rotatable bonds is 5. The Morgan fingerprint density at radius 2 is 2.05 bits per heavy atom. The zero-order chi connectivity index (χ0) is 15.0. The highest BCUT2D eigenvalue weighted by Gasteiger charge is 2.37. The van der Waals surface area contributed by atoms with Gasteiger partial charge in [-0.25, -0.2) is 0 Å². The van der Waals surface area contributed by atoms with E-state index >= 15 is 0 Å². The molecule has 0 amide bonds. The lowest BCUT2D eigenvalue weighted by atomic mass is 9.89. The van der Waals surface area contributed by atoms with Gasteiger partial charge in [0.1, 0.15) is 13.2 Å². The normalized spacial score (nSPS) is 18.1. The van der Waals surface area contributed by atoms with Gasteiger partial charge >= 0.3 is 5.97 Å². The van der Waals surface area contributed by atoms with E-state index in [1.54, 1.807) is 0 Å². The highest BCUT2D eigenvalue weighted by atomic mass is 79.9. The standard InChI is InChI=1S/C15H15BrO5/c16-12-5-10(9(6-13(18)19)8-1-2-8)14-15(11(12)7-17)21-4-3-20-14/h5,7-9H,1-4,6H2,(H,18,19). The number of hydrogen-bond donors (Lipinski definition) is 1. The topological polar surface area (TPSA) is 72.8 Å². The lowest BCUT2D eigenvalue weighted by molar-refractivity contribution is -0.137. The summed E-state index contributed by atoms with van der Waals surface area (Å²) in [5, 5.41) is 9.16. The summed E-state index contributed by atoms with van der Waals surface area (Å²) in [5.74, 6) is 0.397. The number of benzene rings is 1. The van der Waals surface area contributed by atoms with E-state index in [1.165, 1.54) is 0 Å². The van der Waals surface area contributed by atoms with Crippen LogP contribution in [-0.2, 0) is 4.79 Å². The van der Waals surface area contributed by atoms with E-state index in [1.807, 2.05) is 6.07 Å². The molecule has 0 bridgehead atoms. The summed E-state index contributed by atoms with van der Waals surface area (Å²) >= 11 is 3.38. The number of carboxylic acid groups (broad SMARTS) is 1. The lowest BCUT2D eigenvalue weighted by Crippen LogP contribution is -2.20. The minimum atomic E-state index is -0.826. The van der Waals surface area contributed by atoms with Crippen molar-refractivity contribution in [2.45, 2.75) is 25.2 Å². The molecule has 2 aliphatic rings. The molecule has 1 aromatic rings. The molecule has 3 rings (SSSR count). The van der Waals surface area contributed by atoms with Crippen LogP contribution in [-0.4, -0.2) is 30.6 Å². The molecule has 1 N–H and O–H groups in total. The largest absolute Gasteiger partial charge is 0.486 e. The van der Waals surface area contributed by atoms with Crippen molar-refractivity contribution in [1.82, 2.24) is 0 Å². The summed E-state index contributed by atoms with van der Waals surface area (Å²) in [6.45, 7) is 0.793. The number of aliphatic carboxylic acids is 1. The Bertz CT molecular complexity index is 594. The van der Waals surface area contributed by atoms with Crippen molar-refractivity contribution in [1.29, 1.82) is 0 Å². The average molecular weight is 355 g/mol. The van der Waals surface area contributed by atoms with E-state index < -0.39 is 5.97 Å². The minimum Gasteiger partial charge on any atom is -0.486 e. The van der Waals surface area contributed by atoms with Gasteiger partial charge in [0.2, 0.25) is 0 Å². The fraction of sp³-hybridized carbons (Fsp3) is 0.467. The number of carbonyl (C=O) groups is 2. The Morgan fingerprint density at radius 1 is 1.38 bits per heavy atom. The maximum absolute atomic E-state index is 11.2. The maximum Gasteiger partial charge on any atom is 0.303 e. The highest BCUT2D eigenvalue weighted by Crippen LogP contribution is 2.51. The van der Waals surface area contributed by atoms with Gasteiger partial charge in [0, 0.05) is 16.0 Å². The second kappa shape index (κ2) is 5.67. The number of aldehydes is 1. The number of ether oxygens (including phenoxy) is 2. The number of carbonyl (C=O) groups excluding carboxylic acids is 1. The second-order valence-corrected chi connectivity index (χ2v) is 6.23. The molecule has 112 valence electrons. The summed E-state index contributed by atoms with van der Waals surface area (Å²) < 4.78 is 11.9. The molecule has 0 radical (unpaired) electrons. The third-order valence-electron chi connectivity index (χ3n) is 3.93. The van der Waals surface area contributed by atoms with E-state index in [-0.39, 0.29) is 12.3 Å². The van der Waals surface area contributed by atoms with Crippen molar-refractivity contribution >= 4 is 28.2 Å². The molecule has 1 heterocycles. The molecule has 1 aliphatic carbocycles. The Kier molecular flexibility index (Phi) is 3.89. The summed E-state index contributed by atoms with van der Waals surface area (Å²) in [7, 11) is 0. The van der Waals surface area contributed by atoms with Gasteiger partial charge in [0.05, 0.1) is 12.0 Å². The first-order chi connectivity index (χ1) is 10.1. The molecular formula is C15H15BrO5. The van der Waals surface area contributed by atoms with Crippen molar-refractivity contribution in [3.8, 4) is 11.5 Å². The fourth-order valence-corrected chi connectivity index (χ4v) is 3.34. The van der Waals surface area contributed by atoms with Crippen LogP contribution in [0.5, 0.6) is 11.5 Å². The molecule has 6 heteroatoms. The van der Waals surface area contributed by atoms with Crippen LogP contribution in [0.4, 0.5) is 0 Å². The third-order valence-corrected chi connectivity index (χ3v) is 4.59. The van der Waals surface area contributed by atoms with Gasteiger partial charge in [-0.2, -0.15) is 0 Å². The number of carboxylic acids is 1. The molecule has 0 aromatic heterocycles. The van der Waals surface area contributed by atoms with Crippen LogP contribution in [0, 0.1) is 5.92 Å². The SMILES string of the molecule is O=Cc1c(Br)cc(C(CC(=O)O)C2CC2)c2c1OCCO2. The minimum absolute atomic E-state index is 0.0628. The molecule has 1 aliphatic heterocycles. The number of hydrogen-bond acceptors (Lipinski definition) is 4. The van der Waals surface area contributed by atoms with Crippen LogP contribution in [0.1, 0.15) is 41.1 Å². The first kappa shape index (κ1) is 14.4. The van der Waals surface area contributed by atoms with Crippen LogP contribution >= 0.6 is 15.9 Å². The molecule has 21 heavy (non-hydrogen) atoms. The van der Waals surface area contributed by atoms with E-state index in [4.69, 9.17) is 14.6 Å². The smallest absolute Gasteiger partial charge is 0.303 e. The Balaban J connectivity index is 2.10. The van der Waals surface area contributed by atoms with Gasteiger partial charge in [-0.05, 0) is 40.8 Å². The Labute approximate surface area is 130 Å². The zero-order valence-corrected chi connectivity index (χ0v) is 12.9. The van der Waals surface area contributed by atoms with Gasteiger partial charge in [-0.15, -0.1) is 0 Å². The van der Waals surface area contributed by atoms with Crippen molar-refractivity contribution in [2.75, 3.05) is 13.2 Å². The average Bonchev–Trinajstić information content (AvgIpc) is 3.28. The predicted molar refractivity (Wildman–Crippen MR) is 78.2 cm³/mol. The first-order valence-electron chi connectivity index (χ1n) is 6.90. The highest BCUT2D eigenvalue weighted by molar-refractivity contribution is 9.10. The zero-order valence-electron chi connectivity index (χ0n) is 11.3. The van der Waals surface area contributed by atoms with E-state index in [0.717, 1.165) is 24.7 Å². The molecular weight excluding hydrogens is 340 g/mol. The number of halogens is 1. The third kappa shape index (κ3) is 2.77. The van der Waals surface area contributed by atoms with Crippen molar-refractivity contribution < 1.29 is 24.2 Å². The lowest BCUT2D eigenvalue weighted by Gasteiger charge is -2.26. The van der Waals surface area contributed by atoms with Crippen LogP contribution in [0.3, 0.4) is 0 Å². The predicted octanol–water partition coefficient (Wildman–Crippen LogP) is 3.00.